The highest BCUT2D eigenvalue weighted by molar-refractivity contribution is 6.36. The van der Waals surface area contributed by atoms with Gasteiger partial charge in [-0.2, -0.15) is 0 Å². The highest BCUT2D eigenvalue weighted by atomic mass is 35.5. The van der Waals surface area contributed by atoms with Crippen LogP contribution < -0.4 is 5.32 Å². The molecule has 4 rings (SSSR count). The zero-order valence-electron chi connectivity index (χ0n) is 19.6. The Morgan fingerprint density at radius 1 is 1.12 bits per heavy atom. The minimum absolute atomic E-state index is 0.158. The van der Waals surface area contributed by atoms with Crippen molar-refractivity contribution < 1.29 is 19.1 Å². The van der Waals surface area contributed by atoms with Crippen LogP contribution in [0.15, 0.2) is 48.7 Å². The Balaban J connectivity index is 1.59. The van der Waals surface area contributed by atoms with Gasteiger partial charge in [0.25, 0.3) is 0 Å². The van der Waals surface area contributed by atoms with Gasteiger partial charge >= 0.3 is 11.9 Å². The molecular weight excluding hydrogens is 454 g/mol. The first-order valence-corrected chi connectivity index (χ1v) is 11.6. The van der Waals surface area contributed by atoms with Gasteiger partial charge in [-0.05, 0) is 42.1 Å². The van der Waals surface area contributed by atoms with E-state index in [1.54, 1.807) is 6.07 Å². The van der Waals surface area contributed by atoms with E-state index in [-0.39, 0.29) is 12.5 Å². The summed E-state index contributed by atoms with van der Waals surface area (Å²) in [5.41, 5.74) is 3.86. The third-order valence-electron chi connectivity index (χ3n) is 5.98. The smallest absolute Gasteiger partial charge is 0.340 e. The van der Waals surface area contributed by atoms with Crippen LogP contribution in [-0.4, -0.2) is 34.8 Å². The molecule has 0 bridgehead atoms. The monoisotopic (exact) mass is 481 g/mol. The number of carbonyl (C=O) groups is 2. The number of halogens is 1. The number of esters is 2. The molecule has 8 heteroatoms. The van der Waals surface area contributed by atoms with Gasteiger partial charge in [-0.3, -0.25) is 4.79 Å². The predicted octanol–water partition coefficient (Wildman–Crippen LogP) is 5.53. The average Bonchev–Trinajstić information content (AvgIpc) is 3.36. The number of methoxy groups -OCH3 is 1. The summed E-state index contributed by atoms with van der Waals surface area (Å²) >= 11 is 6.44. The van der Waals surface area contributed by atoms with Crippen molar-refractivity contribution in [3.8, 4) is 0 Å². The van der Waals surface area contributed by atoms with Crippen molar-refractivity contribution in [3.05, 3.63) is 64.9 Å². The summed E-state index contributed by atoms with van der Waals surface area (Å²) in [6, 6.07) is 13.5. The van der Waals surface area contributed by atoms with Crippen LogP contribution in [0.5, 0.6) is 0 Å². The van der Waals surface area contributed by atoms with Crippen molar-refractivity contribution in [1.82, 2.24) is 9.13 Å². The lowest BCUT2D eigenvalue weighted by Gasteiger charge is -2.11. The summed E-state index contributed by atoms with van der Waals surface area (Å²) < 4.78 is 14.2. The summed E-state index contributed by atoms with van der Waals surface area (Å²) in [5, 5.41) is 5.62. The zero-order valence-corrected chi connectivity index (χ0v) is 20.3. The van der Waals surface area contributed by atoms with Crippen LogP contribution in [0.25, 0.3) is 21.8 Å². The van der Waals surface area contributed by atoms with Crippen molar-refractivity contribution in [2.45, 2.75) is 32.9 Å². The first kappa shape index (κ1) is 23.7. The first-order chi connectivity index (χ1) is 16.4. The summed E-state index contributed by atoms with van der Waals surface area (Å²) in [6.45, 7) is 3.05. The van der Waals surface area contributed by atoms with Gasteiger partial charge in [-0.15, -0.1) is 0 Å². The maximum Gasteiger partial charge on any atom is 0.340 e. The van der Waals surface area contributed by atoms with Crippen LogP contribution in [0.2, 0.25) is 5.02 Å². The number of nitrogens with one attached hydrogen (secondary N) is 1. The minimum Gasteiger partial charge on any atom is -0.465 e. The van der Waals surface area contributed by atoms with E-state index in [4.69, 9.17) is 21.1 Å². The van der Waals surface area contributed by atoms with E-state index in [1.807, 2.05) is 58.8 Å². The molecule has 0 saturated carbocycles. The Hall–Kier alpha value is -3.45. The normalized spacial score (nSPS) is 11.2. The fourth-order valence-electron chi connectivity index (χ4n) is 4.16. The minimum atomic E-state index is -0.429. The van der Waals surface area contributed by atoms with Gasteiger partial charge in [-0.25, -0.2) is 4.79 Å². The SMILES string of the molecule is CCCCOC(=O)Cn1ccc2ccc(NCc3c(C(=O)OC)c4c(Cl)cccc4n3C)cc21. The van der Waals surface area contributed by atoms with E-state index < -0.39 is 5.97 Å². The van der Waals surface area contributed by atoms with Crippen LogP contribution in [0.4, 0.5) is 5.69 Å². The van der Waals surface area contributed by atoms with E-state index in [2.05, 4.69) is 12.2 Å². The fraction of sp³-hybridized carbons (Fsp3) is 0.308. The molecule has 2 heterocycles. The van der Waals surface area contributed by atoms with Gasteiger partial charge in [-0.1, -0.05) is 37.1 Å². The van der Waals surface area contributed by atoms with E-state index in [1.165, 1.54) is 7.11 Å². The second-order valence-corrected chi connectivity index (χ2v) is 8.56. The van der Waals surface area contributed by atoms with Crippen LogP contribution in [0.3, 0.4) is 0 Å². The molecule has 4 aromatic rings. The molecule has 178 valence electrons. The number of aryl methyl sites for hydroxylation is 1. The van der Waals surface area contributed by atoms with Gasteiger partial charge in [0.1, 0.15) is 6.54 Å². The van der Waals surface area contributed by atoms with Gasteiger partial charge in [0, 0.05) is 24.3 Å². The molecular formula is C26H28ClN3O4. The highest BCUT2D eigenvalue weighted by Crippen LogP contribution is 2.32. The van der Waals surface area contributed by atoms with Gasteiger partial charge < -0.3 is 23.9 Å². The quantitative estimate of drug-likeness (QED) is 0.251. The number of ether oxygens (including phenoxy) is 2. The lowest BCUT2D eigenvalue weighted by Crippen LogP contribution is -2.13. The number of carbonyl (C=O) groups excluding carboxylic acids is 2. The molecule has 34 heavy (non-hydrogen) atoms. The summed E-state index contributed by atoms with van der Waals surface area (Å²) in [4.78, 5) is 24.8. The molecule has 1 N–H and O–H groups in total. The summed E-state index contributed by atoms with van der Waals surface area (Å²) in [5.74, 6) is -0.680. The molecule has 0 saturated heterocycles. The van der Waals surface area contributed by atoms with Crippen LogP contribution in [-0.2, 0) is 34.4 Å². The molecule has 0 unspecified atom stereocenters. The zero-order chi connectivity index (χ0) is 24.2. The number of rotatable bonds is 9. The maximum atomic E-state index is 12.6. The number of hydrogen-bond acceptors (Lipinski definition) is 5. The van der Waals surface area contributed by atoms with E-state index >= 15 is 0 Å². The molecule has 0 aliphatic heterocycles. The molecule has 0 aliphatic carbocycles. The Labute approximate surface area is 203 Å². The molecule has 7 nitrogen and oxygen atoms in total. The number of nitrogens with zero attached hydrogens (tertiary/aromatic N) is 2. The van der Waals surface area contributed by atoms with Crippen LogP contribution in [0, 0.1) is 0 Å². The predicted molar refractivity (Wildman–Crippen MR) is 134 cm³/mol. The molecule has 2 aromatic carbocycles. The third kappa shape index (κ3) is 4.61. The Morgan fingerprint density at radius 2 is 1.94 bits per heavy atom. The molecule has 0 fully saturated rings. The largest absolute Gasteiger partial charge is 0.465 e. The average molecular weight is 482 g/mol. The van der Waals surface area contributed by atoms with Crippen molar-refractivity contribution in [2.75, 3.05) is 19.0 Å². The molecule has 0 aliphatic rings. The lowest BCUT2D eigenvalue weighted by molar-refractivity contribution is -0.144. The number of aromatic nitrogens is 2. The van der Waals surface area contributed by atoms with E-state index in [0.717, 1.165) is 40.6 Å². The van der Waals surface area contributed by atoms with Crippen molar-refractivity contribution in [2.24, 2.45) is 7.05 Å². The van der Waals surface area contributed by atoms with Crippen molar-refractivity contribution >= 4 is 51.0 Å². The number of anilines is 1. The second kappa shape index (κ2) is 10.2. The van der Waals surface area contributed by atoms with Gasteiger partial charge in [0.05, 0.1) is 47.6 Å². The van der Waals surface area contributed by atoms with Gasteiger partial charge in [0.2, 0.25) is 0 Å². The van der Waals surface area contributed by atoms with Crippen molar-refractivity contribution in [1.29, 1.82) is 0 Å². The second-order valence-electron chi connectivity index (χ2n) is 8.15. The summed E-state index contributed by atoms with van der Waals surface area (Å²) in [6.07, 6.45) is 3.73. The molecule has 0 spiro atoms. The number of fused-ring (bicyclic) bond motifs is 2. The molecule has 0 radical (unpaired) electrons. The van der Waals surface area contributed by atoms with Crippen molar-refractivity contribution in [3.63, 3.8) is 0 Å². The highest BCUT2D eigenvalue weighted by Gasteiger charge is 2.23. The summed E-state index contributed by atoms with van der Waals surface area (Å²) in [7, 11) is 3.27. The Bertz CT molecular complexity index is 1360. The maximum absolute atomic E-state index is 12.6. The topological polar surface area (TPSA) is 74.5 Å². The number of hydrogen-bond donors (Lipinski definition) is 1. The molecule has 0 amide bonds. The molecule has 2 aromatic heterocycles. The Morgan fingerprint density at radius 3 is 2.71 bits per heavy atom. The van der Waals surface area contributed by atoms with Crippen LogP contribution >= 0.6 is 11.6 Å². The van der Waals surface area contributed by atoms with E-state index in [0.29, 0.717) is 29.1 Å². The van der Waals surface area contributed by atoms with Crippen LogP contribution in [0.1, 0.15) is 35.8 Å². The number of unbranched alkanes of at least 4 members (excludes halogenated alkanes) is 1. The fourth-order valence-corrected chi connectivity index (χ4v) is 4.42. The lowest BCUT2D eigenvalue weighted by atomic mass is 10.1. The first-order valence-electron chi connectivity index (χ1n) is 11.3. The van der Waals surface area contributed by atoms with Gasteiger partial charge in [0.15, 0.2) is 0 Å². The third-order valence-corrected chi connectivity index (χ3v) is 6.30. The number of benzene rings is 2. The van der Waals surface area contributed by atoms with E-state index in [9.17, 15) is 9.59 Å². The molecule has 0 atom stereocenters. The Kier molecular flexibility index (Phi) is 7.12. The standard InChI is InChI=1S/C26H28ClN3O4/c1-4-5-13-34-23(31)16-30-12-11-17-9-10-18(14-21(17)30)28-15-22-25(26(32)33-3)24-19(27)7-6-8-20(24)29(22)2/h6-12,14,28H,4-5,13,15-16H2,1-3H3.